The van der Waals surface area contributed by atoms with Crippen LogP contribution >= 0.6 is 0 Å². The van der Waals surface area contributed by atoms with Crippen molar-refractivity contribution < 1.29 is 52.3 Å². The normalized spacial score (nSPS) is 10.5. The zero-order chi connectivity index (χ0) is 22.7. The molecule has 1 aromatic heterocycles. The smallest absolute Gasteiger partial charge is 0.497 e. The van der Waals surface area contributed by atoms with Crippen molar-refractivity contribution in [3.8, 4) is 22.6 Å². The molecule has 0 radical (unpaired) electrons. The Balaban J connectivity index is 0.00000306. The predicted octanol–water partition coefficient (Wildman–Crippen LogP) is 0.344. The summed E-state index contributed by atoms with van der Waals surface area (Å²) in [6, 6.07) is 15.8. The van der Waals surface area contributed by atoms with Crippen LogP contribution in [-0.2, 0) is 13.2 Å². The van der Waals surface area contributed by atoms with Gasteiger partial charge in [-0.05, 0) is 34.9 Å². The van der Waals surface area contributed by atoms with Crippen LogP contribution in [0.5, 0.6) is 11.5 Å². The van der Waals surface area contributed by atoms with Crippen molar-refractivity contribution >= 4 is 0 Å². The molecule has 1 heterocycles. The third-order valence-corrected chi connectivity index (χ3v) is 4.71. The van der Waals surface area contributed by atoms with Gasteiger partial charge in [0.15, 0.2) is 5.69 Å². The average Bonchev–Trinajstić information content (AvgIpc) is 3.09. The summed E-state index contributed by atoms with van der Waals surface area (Å²) in [5.74, 6) is -1.72. The maximum atomic E-state index is 14.4. The minimum atomic E-state index is -0.938. The molecule has 0 fully saturated rings. The molecule has 0 bridgehead atoms. The number of hydrogen-bond acceptors (Lipinski definition) is 5. The van der Waals surface area contributed by atoms with Crippen LogP contribution in [-0.4, -0.2) is 11.8 Å². The van der Waals surface area contributed by atoms with E-state index in [1.54, 1.807) is 48.5 Å². The fourth-order valence-corrected chi connectivity index (χ4v) is 3.17. The zero-order valence-corrected chi connectivity index (χ0v) is 19.9. The average molecular weight is 462 g/mol. The van der Waals surface area contributed by atoms with E-state index in [4.69, 9.17) is 9.47 Å². The first-order chi connectivity index (χ1) is 15.4. The van der Waals surface area contributed by atoms with E-state index < -0.39 is 23.1 Å². The predicted molar refractivity (Wildman–Crippen MR) is 111 cm³/mol. The van der Waals surface area contributed by atoms with E-state index in [0.29, 0.717) is 16.9 Å². The number of halogens is 2. The van der Waals surface area contributed by atoms with Gasteiger partial charge < -0.3 is 19.0 Å². The Morgan fingerprint density at radius 3 is 2.24 bits per heavy atom. The van der Waals surface area contributed by atoms with E-state index in [0.717, 1.165) is 22.4 Å². The second-order valence-corrected chi connectivity index (χ2v) is 6.89. The number of aromatic nitrogens is 2. The van der Waals surface area contributed by atoms with Crippen molar-refractivity contribution in [1.82, 2.24) is 9.72 Å². The van der Waals surface area contributed by atoms with Crippen molar-refractivity contribution in [2.24, 2.45) is 0 Å². The Morgan fingerprint density at radius 1 is 0.939 bits per heavy atom. The van der Waals surface area contributed by atoms with Crippen LogP contribution < -0.4 is 55.5 Å². The van der Waals surface area contributed by atoms with Crippen LogP contribution in [0.2, 0.25) is 0 Å². The summed E-state index contributed by atoms with van der Waals surface area (Å²) < 4.78 is 45.0. The zero-order valence-electron chi connectivity index (χ0n) is 17.9. The van der Waals surface area contributed by atoms with Gasteiger partial charge >= 0.3 is 35.3 Å². The van der Waals surface area contributed by atoms with Crippen LogP contribution in [0.4, 0.5) is 8.78 Å². The molecule has 0 aliphatic rings. The molecule has 0 aliphatic carbocycles. The van der Waals surface area contributed by atoms with Crippen LogP contribution in [0.15, 0.2) is 74.8 Å². The summed E-state index contributed by atoms with van der Waals surface area (Å²) in [5.41, 5.74) is 0.926. The third kappa shape index (κ3) is 5.81. The van der Waals surface area contributed by atoms with E-state index in [9.17, 15) is 18.4 Å². The van der Waals surface area contributed by atoms with Gasteiger partial charge in [0.1, 0.15) is 29.7 Å². The minimum Gasteiger partial charge on any atom is -0.497 e. The molecule has 3 aromatic carbocycles. The monoisotopic (exact) mass is 462 g/mol. The van der Waals surface area contributed by atoms with Gasteiger partial charge in [-0.3, -0.25) is 9.53 Å². The number of ether oxygens (including phenoxy) is 2. The van der Waals surface area contributed by atoms with E-state index in [1.165, 1.54) is 7.11 Å². The van der Waals surface area contributed by atoms with Crippen molar-refractivity contribution in [1.29, 1.82) is 0 Å². The minimum absolute atomic E-state index is 0. The van der Waals surface area contributed by atoms with Crippen LogP contribution in [0.25, 0.3) is 11.1 Å². The molecule has 4 rings (SSSR count). The van der Waals surface area contributed by atoms with Crippen LogP contribution in [0, 0.1) is 11.6 Å². The molecular weight excluding hydrogens is 445 g/mol. The van der Waals surface area contributed by atoms with Crippen molar-refractivity contribution in [2.45, 2.75) is 13.2 Å². The van der Waals surface area contributed by atoms with Gasteiger partial charge in [-0.2, -0.15) is 0 Å². The number of hydrogen-bond donors (Lipinski definition) is 0. The molecule has 10 heteroatoms. The van der Waals surface area contributed by atoms with Crippen LogP contribution in [0.3, 0.4) is 0 Å². The largest absolute Gasteiger partial charge is 1.00 e. The maximum Gasteiger partial charge on any atom is 1.00 e. The molecule has 0 N–H and O–H groups in total. The van der Waals surface area contributed by atoms with Gasteiger partial charge in [0.25, 0.3) is 0 Å². The molecule has 164 valence electrons. The van der Waals surface area contributed by atoms with Gasteiger partial charge in [-0.15, -0.1) is 0 Å². The molecule has 0 unspecified atom stereocenters. The second-order valence-electron chi connectivity index (χ2n) is 6.89. The van der Waals surface area contributed by atoms with Gasteiger partial charge in [-0.1, -0.05) is 30.3 Å². The standard InChI is InChI=1S/C23H18F2N2O5.Na/c1-30-18-10-19(24)21(20(25)11-18)16-4-2-3-15(9-16)13-31-17-7-5-14(6-8-17)12-27-22(28)26-23(29)32-27;/h2-11H,12-13H2,1H3,(H,26,28,29);/q;+1/p-1. The van der Waals surface area contributed by atoms with Crippen molar-refractivity contribution in [3.63, 3.8) is 0 Å². The number of nitrogens with zero attached hydrogens (tertiary/aromatic N) is 2. The summed E-state index contributed by atoms with van der Waals surface area (Å²) >= 11 is 0. The molecule has 7 nitrogen and oxygen atoms in total. The summed E-state index contributed by atoms with van der Waals surface area (Å²) in [5, 5.41) is 0. The Bertz CT molecular complexity index is 1340. The summed E-state index contributed by atoms with van der Waals surface area (Å²) in [6.45, 7) is 0.239. The maximum absolute atomic E-state index is 14.4. The molecule has 0 saturated carbocycles. The Kier molecular flexibility index (Phi) is 7.91. The van der Waals surface area contributed by atoms with Crippen molar-refractivity contribution in [3.05, 3.63) is 104 Å². The van der Waals surface area contributed by atoms with Gasteiger partial charge in [-0.25, -0.2) is 13.6 Å². The first-order valence-electron chi connectivity index (χ1n) is 9.52. The molecule has 0 spiro atoms. The first-order valence-corrected chi connectivity index (χ1v) is 9.52. The molecule has 0 amide bonds. The molecule has 33 heavy (non-hydrogen) atoms. The summed E-state index contributed by atoms with van der Waals surface area (Å²) in [6.07, 6.45) is 0. The van der Waals surface area contributed by atoms with E-state index in [1.807, 2.05) is 0 Å². The number of benzene rings is 3. The molecule has 0 saturated heterocycles. The fourth-order valence-electron chi connectivity index (χ4n) is 3.17. The summed E-state index contributed by atoms with van der Waals surface area (Å²) in [7, 11) is 1.34. The second kappa shape index (κ2) is 10.7. The summed E-state index contributed by atoms with van der Waals surface area (Å²) in [4.78, 5) is 25.6. The van der Waals surface area contributed by atoms with E-state index in [2.05, 4.69) is 9.51 Å². The first kappa shape index (κ1) is 24.5. The molecule has 0 atom stereocenters. The third-order valence-electron chi connectivity index (χ3n) is 4.71. The topological polar surface area (TPSA) is 84.8 Å². The van der Waals surface area contributed by atoms with E-state index in [-0.39, 0.29) is 54.0 Å². The van der Waals surface area contributed by atoms with Crippen LogP contribution in [0.1, 0.15) is 11.1 Å². The Hall–Kier alpha value is -3.14. The SMILES string of the molecule is COc1cc(F)c(-c2cccc(COc3ccc(Cn4oc(=O)[n-]c4=O)cc3)c2)c(F)c1.[Na+]. The van der Waals surface area contributed by atoms with Gasteiger partial charge in [0.2, 0.25) is 0 Å². The number of rotatable bonds is 7. The molecule has 4 aromatic rings. The number of methoxy groups -OCH3 is 1. The Labute approximate surface area is 208 Å². The quantitative estimate of drug-likeness (QED) is 0.369. The van der Waals surface area contributed by atoms with E-state index >= 15 is 0 Å². The van der Waals surface area contributed by atoms with Gasteiger partial charge in [0.05, 0.1) is 12.7 Å². The Morgan fingerprint density at radius 2 is 1.64 bits per heavy atom. The molecule has 0 aliphatic heterocycles. The van der Waals surface area contributed by atoms with Crippen molar-refractivity contribution in [2.75, 3.05) is 7.11 Å². The fraction of sp³-hybridized carbons (Fsp3) is 0.130. The van der Waals surface area contributed by atoms with Gasteiger partial charge in [0, 0.05) is 18.7 Å². The molecular formula is C23H17F2N2NaO5.